The van der Waals surface area contributed by atoms with Gasteiger partial charge in [0.15, 0.2) is 0 Å². The second-order valence-corrected chi connectivity index (χ2v) is 8.14. The second kappa shape index (κ2) is 6.75. The summed E-state index contributed by atoms with van der Waals surface area (Å²) in [7, 11) is 2.18. The van der Waals surface area contributed by atoms with Crippen LogP contribution < -0.4 is 0 Å². The van der Waals surface area contributed by atoms with Crippen molar-refractivity contribution in [1.29, 1.82) is 0 Å². The van der Waals surface area contributed by atoms with Crippen LogP contribution in [0, 0.1) is 6.92 Å². The summed E-state index contributed by atoms with van der Waals surface area (Å²) in [6, 6.07) is 8.32. The molecule has 0 atom stereocenters. The molecule has 0 radical (unpaired) electrons. The molecular weight excluding hydrogens is 398 g/mol. The first kappa shape index (κ1) is 17.1. The number of benzene rings is 1. The Morgan fingerprint density at radius 3 is 2.84 bits per heavy atom. The van der Waals surface area contributed by atoms with Gasteiger partial charge in [0.05, 0.1) is 10.5 Å². The highest BCUT2D eigenvalue weighted by molar-refractivity contribution is 9.10. The zero-order valence-electron chi connectivity index (χ0n) is 14.5. The summed E-state index contributed by atoms with van der Waals surface area (Å²) >= 11 is 10.4. The Bertz CT molecular complexity index is 931. The highest BCUT2D eigenvalue weighted by atomic mass is 79.9. The smallest absolute Gasteiger partial charge is 0.0645 e. The van der Waals surface area contributed by atoms with E-state index in [1.807, 2.05) is 19.2 Å². The summed E-state index contributed by atoms with van der Waals surface area (Å²) in [5, 5.41) is 2.06. The van der Waals surface area contributed by atoms with Crippen molar-refractivity contribution in [3.63, 3.8) is 0 Å². The molecular formula is C20H21BrClN3. The van der Waals surface area contributed by atoms with E-state index in [9.17, 15) is 0 Å². The van der Waals surface area contributed by atoms with Crippen molar-refractivity contribution >= 4 is 38.4 Å². The van der Waals surface area contributed by atoms with Gasteiger partial charge in [-0.25, -0.2) is 0 Å². The number of halogens is 2. The molecule has 5 heteroatoms. The van der Waals surface area contributed by atoms with Gasteiger partial charge in [-0.1, -0.05) is 17.7 Å². The number of hydrogen-bond acceptors (Lipinski definition) is 2. The number of nitrogens with zero attached hydrogens (tertiary/aromatic N) is 3. The lowest BCUT2D eigenvalue weighted by atomic mass is 10.0. The van der Waals surface area contributed by atoms with E-state index >= 15 is 0 Å². The molecule has 0 saturated heterocycles. The van der Waals surface area contributed by atoms with Crippen molar-refractivity contribution in [3.8, 4) is 0 Å². The average molecular weight is 419 g/mol. The Balaban J connectivity index is 1.80. The summed E-state index contributed by atoms with van der Waals surface area (Å²) in [5.74, 6) is 0. The van der Waals surface area contributed by atoms with E-state index in [2.05, 4.69) is 55.6 Å². The van der Waals surface area contributed by atoms with Crippen molar-refractivity contribution in [1.82, 2.24) is 14.5 Å². The third kappa shape index (κ3) is 3.12. The van der Waals surface area contributed by atoms with Crippen molar-refractivity contribution < 1.29 is 0 Å². The van der Waals surface area contributed by atoms with Crippen LogP contribution in [0.2, 0.25) is 5.02 Å². The lowest BCUT2D eigenvalue weighted by Crippen LogP contribution is -2.27. The highest BCUT2D eigenvalue weighted by Crippen LogP contribution is 2.39. The molecule has 25 heavy (non-hydrogen) atoms. The van der Waals surface area contributed by atoms with Crippen LogP contribution in [0.25, 0.3) is 10.9 Å². The Kier molecular flexibility index (Phi) is 4.61. The van der Waals surface area contributed by atoms with Crippen molar-refractivity contribution in [2.24, 2.45) is 0 Å². The van der Waals surface area contributed by atoms with Gasteiger partial charge in [0, 0.05) is 53.5 Å². The third-order valence-corrected chi connectivity index (χ3v) is 6.03. The first-order chi connectivity index (χ1) is 12.0. The molecule has 4 rings (SSSR count). The molecule has 0 fully saturated rings. The van der Waals surface area contributed by atoms with Crippen LogP contribution in [0.3, 0.4) is 0 Å². The Morgan fingerprint density at radius 2 is 2.08 bits per heavy atom. The van der Waals surface area contributed by atoms with Crippen LogP contribution in [0.1, 0.15) is 22.5 Å². The molecule has 1 aromatic carbocycles. The van der Waals surface area contributed by atoms with Gasteiger partial charge < -0.3 is 9.47 Å². The van der Waals surface area contributed by atoms with Gasteiger partial charge >= 0.3 is 0 Å². The number of rotatable bonds is 3. The maximum absolute atomic E-state index is 6.60. The van der Waals surface area contributed by atoms with Crippen LogP contribution in [0.4, 0.5) is 0 Å². The maximum atomic E-state index is 6.60. The molecule has 0 N–H and O–H groups in total. The Labute approximate surface area is 161 Å². The van der Waals surface area contributed by atoms with Gasteiger partial charge in [0.2, 0.25) is 0 Å². The number of likely N-dealkylation sites (N-methyl/N-ethyl adjacent to an activating group) is 1. The quantitative estimate of drug-likeness (QED) is 0.597. The molecule has 2 aromatic heterocycles. The van der Waals surface area contributed by atoms with Gasteiger partial charge in [-0.15, -0.1) is 0 Å². The van der Waals surface area contributed by atoms with E-state index in [1.54, 1.807) is 0 Å². The van der Waals surface area contributed by atoms with Crippen molar-refractivity contribution in [3.05, 3.63) is 62.5 Å². The van der Waals surface area contributed by atoms with Crippen LogP contribution in [0.15, 0.2) is 34.9 Å². The SMILES string of the molecule is Cc1ccc(CCn2c3c(c4c(Cl)ccc(Br)c42)CN(C)CC3)cn1. The average Bonchev–Trinajstić information content (AvgIpc) is 2.92. The fraction of sp³-hybridized carbons (Fsp3) is 0.350. The van der Waals surface area contributed by atoms with Gasteiger partial charge in [0.1, 0.15) is 0 Å². The zero-order chi connectivity index (χ0) is 17.6. The fourth-order valence-electron chi connectivity index (χ4n) is 3.77. The van der Waals surface area contributed by atoms with Crippen molar-refractivity contribution in [2.75, 3.05) is 13.6 Å². The summed E-state index contributed by atoms with van der Waals surface area (Å²) in [4.78, 5) is 6.79. The molecule has 3 aromatic rings. The summed E-state index contributed by atoms with van der Waals surface area (Å²) in [6.07, 6.45) is 4.02. The molecule has 3 nitrogen and oxygen atoms in total. The molecule has 0 saturated carbocycles. The van der Waals surface area contributed by atoms with Crippen LogP contribution in [-0.4, -0.2) is 28.0 Å². The van der Waals surface area contributed by atoms with Crippen LogP contribution in [0.5, 0.6) is 0 Å². The standard InChI is InChI=1S/C20H21BrClN3/c1-13-3-4-14(11-23-13)7-10-25-18-8-9-24(2)12-15(18)19-17(22)6-5-16(21)20(19)25/h3-6,11H,7-10,12H2,1-2H3. The molecule has 3 heterocycles. The van der Waals surface area contributed by atoms with Gasteiger partial charge in [-0.3, -0.25) is 4.98 Å². The summed E-state index contributed by atoms with van der Waals surface area (Å²) < 4.78 is 3.58. The van der Waals surface area contributed by atoms with Crippen molar-refractivity contribution in [2.45, 2.75) is 32.9 Å². The normalized spacial score (nSPS) is 14.9. The summed E-state index contributed by atoms with van der Waals surface area (Å²) in [6.45, 7) is 5.01. The number of fused-ring (bicyclic) bond motifs is 3. The Morgan fingerprint density at radius 1 is 1.24 bits per heavy atom. The zero-order valence-corrected chi connectivity index (χ0v) is 16.9. The topological polar surface area (TPSA) is 21.1 Å². The van der Waals surface area contributed by atoms with E-state index in [0.29, 0.717) is 0 Å². The minimum absolute atomic E-state index is 0.848. The molecule has 0 bridgehead atoms. The summed E-state index contributed by atoms with van der Waals surface area (Å²) in [5.41, 5.74) is 6.38. The molecule has 0 amide bonds. The van der Waals surface area contributed by atoms with Gasteiger partial charge in [-0.05, 0) is 65.6 Å². The lowest BCUT2D eigenvalue weighted by Gasteiger charge is -2.24. The maximum Gasteiger partial charge on any atom is 0.0645 e. The molecule has 0 unspecified atom stereocenters. The molecule has 0 spiro atoms. The van der Waals surface area contributed by atoms with Gasteiger partial charge in [0.25, 0.3) is 0 Å². The third-order valence-electron chi connectivity index (χ3n) is 5.08. The first-order valence-corrected chi connectivity index (χ1v) is 9.79. The predicted molar refractivity (Wildman–Crippen MR) is 107 cm³/mol. The number of hydrogen-bond donors (Lipinski definition) is 0. The van der Waals surface area contributed by atoms with E-state index in [4.69, 9.17) is 11.6 Å². The first-order valence-electron chi connectivity index (χ1n) is 8.62. The van der Waals surface area contributed by atoms with E-state index in [-0.39, 0.29) is 0 Å². The Hall–Kier alpha value is -1.36. The molecule has 0 aliphatic carbocycles. The number of aromatic nitrogens is 2. The lowest BCUT2D eigenvalue weighted by molar-refractivity contribution is 0.309. The molecule has 130 valence electrons. The van der Waals surface area contributed by atoms with E-state index in [1.165, 1.54) is 27.7 Å². The predicted octanol–water partition coefficient (Wildman–Crippen LogP) is 4.99. The molecule has 1 aliphatic heterocycles. The van der Waals surface area contributed by atoms with Crippen LogP contribution >= 0.6 is 27.5 Å². The van der Waals surface area contributed by atoms with Gasteiger partial charge in [-0.2, -0.15) is 0 Å². The second-order valence-electron chi connectivity index (χ2n) is 6.88. The fourth-order valence-corrected chi connectivity index (χ4v) is 4.58. The van der Waals surface area contributed by atoms with E-state index in [0.717, 1.165) is 47.7 Å². The number of aryl methyl sites for hydroxylation is 3. The largest absolute Gasteiger partial charge is 0.343 e. The monoisotopic (exact) mass is 417 g/mol. The molecule has 1 aliphatic rings. The highest BCUT2D eigenvalue weighted by Gasteiger charge is 2.25. The minimum atomic E-state index is 0.848. The number of pyridine rings is 1. The van der Waals surface area contributed by atoms with Crippen LogP contribution in [-0.2, 0) is 25.9 Å². The minimum Gasteiger partial charge on any atom is -0.343 e. The van der Waals surface area contributed by atoms with E-state index < -0.39 is 0 Å².